The van der Waals surface area contributed by atoms with E-state index >= 15 is 0 Å². The highest BCUT2D eigenvalue weighted by atomic mass is 31.2. The molecule has 6 N–H and O–H groups in total. The zero-order valence-electron chi connectivity index (χ0n) is 3.31. The van der Waals surface area contributed by atoms with E-state index in [0.29, 0.717) is 0 Å². The number of quaternary nitrogens is 1. The lowest BCUT2D eigenvalue weighted by Crippen LogP contribution is -2.37. The van der Waals surface area contributed by atoms with Gasteiger partial charge in [0.05, 0.1) is 0 Å². The Labute approximate surface area is 39.4 Å². The molecule has 0 rings (SSSR count). The Hall–Kier alpha value is 0.0300. The minimum absolute atomic E-state index is 2.00. The van der Waals surface area contributed by atoms with Crippen molar-refractivity contribution in [1.29, 1.82) is 0 Å². The van der Waals surface area contributed by atoms with E-state index in [2.05, 4.69) is 0 Å². The summed E-state index contributed by atoms with van der Waals surface area (Å²) in [5, 5.41) is 8.00. The van der Waals surface area contributed by atoms with Gasteiger partial charge in [-0.15, -0.1) is 0 Å². The van der Waals surface area contributed by atoms with Gasteiger partial charge in [0.2, 0.25) is 0 Å². The summed E-state index contributed by atoms with van der Waals surface area (Å²) >= 11 is 0. The fourth-order valence-corrected chi connectivity index (χ4v) is 0. The van der Waals surface area contributed by atoms with Crippen LogP contribution in [0.1, 0.15) is 0 Å². The Kier molecular flexibility index (Phi) is 6.06. The maximum atomic E-state index is 8.88. The van der Waals surface area contributed by atoms with Crippen molar-refractivity contribution < 1.29 is 25.1 Å². The summed E-state index contributed by atoms with van der Waals surface area (Å²) < 4.78 is 8.88. The van der Waals surface area contributed by atoms with Gasteiger partial charge in [-0.2, -0.15) is 0 Å². The molecule has 0 aliphatic carbocycles. The van der Waals surface area contributed by atoms with Crippen LogP contribution in [0.25, 0.3) is 0 Å². The second-order valence-electron chi connectivity index (χ2n) is 0.513. The molecule has 0 saturated heterocycles. The van der Waals surface area contributed by atoms with Crippen LogP contribution in [0.5, 0.6) is 0 Å². The Morgan fingerprint density at radius 2 is 1.29 bits per heavy atom. The van der Waals surface area contributed by atoms with E-state index < -0.39 is 7.82 Å². The zero-order chi connectivity index (χ0) is 6.50. The second kappa shape index (κ2) is 4.20. The third kappa shape index (κ3) is 109000. The maximum Gasteiger partial charge on any atom is 0.466 e. The number of hydrogen-bond acceptors (Lipinski definition) is 2. The molecule has 0 amide bonds. The fourth-order valence-electron chi connectivity index (χ4n) is 0. The van der Waals surface area contributed by atoms with Gasteiger partial charge in [0, 0.05) is 0 Å². The van der Waals surface area contributed by atoms with E-state index in [0.717, 1.165) is 0 Å². The molecule has 0 aliphatic heterocycles. The third-order valence-corrected chi connectivity index (χ3v) is 0. The minimum atomic E-state index is -4.64. The van der Waals surface area contributed by atoms with Crippen molar-refractivity contribution in [2.45, 2.75) is 0 Å². The lowest BCUT2D eigenvalue weighted by Gasteiger charge is -1.82. The Morgan fingerprint density at radius 1 is 1.29 bits per heavy atom. The smallest absolute Gasteiger partial charge is 0.466 e. The average molecular weight is 131 g/mol. The molecule has 0 heterocycles. The van der Waals surface area contributed by atoms with Crippen LogP contribution in [0.15, 0.2) is 0 Å². The van der Waals surface area contributed by atoms with E-state index in [9.17, 15) is 0 Å². The molecule has 0 aromatic heterocycles. The predicted octanol–water partition coefficient (Wildman–Crippen LogP) is -2.20. The number of hydrogen-bond donors (Lipinski definition) is 4. The zero-order valence-corrected chi connectivity index (χ0v) is 4.21. The van der Waals surface area contributed by atoms with E-state index in [1.165, 1.54) is 0 Å². The molecular weight excluding hydrogens is 125 g/mol. The Morgan fingerprint density at radius 3 is 1.29 bits per heavy atom. The van der Waals surface area contributed by atoms with Crippen LogP contribution in [0.3, 0.4) is 0 Å². The molecule has 0 radical (unpaired) electrons. The van der Waals surface area contributed by atoms with Gasteiger partial charge in [-0.05, 0) is 0 Å². The van der Waals surface area contributed by atoms with Crippen LogP contribution in [-0.2, 0) is 4.57 Å². The van der Waals surface area contributed by atoms with Crippen LogP contribution in [-0.4, -0.2) is 14.7 Å². The Bertz CT molecular complexity index is 54.2. The van der Waals surface area contributed by atoms with Crippen molar-refractivity contribution in [2.24, 2.45) is 0 Å². The van der Waals surface area contributed by atoms with E-state index in [1.54, 1.807) is 0 Å². The molecule has 0 bridgehead atoms. The van der Waals surface area contributed by atoms with Gasteiger partial charge in [0.25, 0.3) is 0 Å². The number of rotatable bonds is 0. The minimum Gasteiger partial charge on any atom is -0.637 e. The van der Waals surface area contributed by atoms with Crippen LogP contribution in [0.4, 0.5) is 0 Å². The summed E-state index contributed by atoms with van der Waals surface area (Å²) in [7, 11) is -4.64. The van der Waals surface area contributed by atoms with Crippen molar-refractivity contribution in [3.8, 4) is 0 Å². The summed E-state index contributed by atoms with van der Waals surface area (Å²) in [6, 6.07) is 0. The SMILES string of the molecule is O=P(O)(O)O.[NH3+][O-]. The van der Waals surface area contributed by atoms with E-state index in [-0.39, 0.29) is 0 Å². The lowest BCUT2D eigenvalue weighted by molar-refractivity contribution is -0.275. The van der Waals surface area contributed by atoms with Gasteiger partial charge in [-0.3, -0.25) is 0 Å². The molecule has 0 aliphatic rings. The van der Waals surface area contributed by atoms with E-state index in [4.69, 9.17) is 24.5 Å². The van der Waals surface area contributed by atoms with Crippen molar-refractivity contribution in [1.82, 2.24) is 0 Å². The monoisotopic (exact) mass is 131 g/mol. The molecule has 7 heteroatoms. The first kappa shape index (κ1) is 10.1. The molecular formula is H6NO5P. The molecule has 0 aromatic carbocycles. The second-order valence-corrected chi connectivity index (χ2v) is 1.54. The molecule has 0 unspecified atom stereocenters. The normalized spacial score (nSPS) is 9.29. The van der Waals surface area contributed by atoms with Gasteiger partial charge in [0.15, 0.2) is 0 Å². The molecule has 0 saturated carbocycles. The van der Waals surface area contributed by atoms with Crippen LogP contribution >= 0.6 is 7.82 Å². The van der Waals surface area contributed by atoms with Gasteiger partial charge in [0.1, 0.15) is 0 Å². The van der Waals surface area contributed by atoms with Crippen molar-refractivity contribution in [3.05, 3.63) is 5.21 Å². The summed E-state index contributed by atoms with van der Waals surface area (Å²) in [5.41, 5.74) is 0. The molecule has 0 aromatic rings. The molecule has 6 nitrogen and oxygen atoms in total. The topological polar surface area (TPSA) is 128 Å². The van der Waals surface area contributed by atoms with Crippen LogP contribution in [0, 0.1) is 5.21 Å². The first-order valence-corrected chi connectivity index (χ1v) is 2.64. The lowest BCUT2D eigenvalue weighted by atomic mass is 13.6. The highest BCUT2D eigenvalue weighted by Crippen LogP contribution is 2.25. The fraction of sp³-hybridized carbons (Fsp3) is 0. The van der Waals surface area contributed by atoms with Gasteiger partial charge in [-0.1, -0.05) is 0 Å². The van der Waals surface area contributed by atoms with Gasteiger partial charge in [-0.25, -0.2) is 4.57 Å². The average Bonchev–Trinajstić information content (AvgIpc) is 1.36. The third-order valence-electron chi connectivity index (χ3n) is 0. The van der Waals surface area contributed by atoms with Crippen molar-refractivity contribution >= 4 is 7.82 Å². The van der Waals surface area contributed by atoms with Crippen molar-refractivity contribution in [2.75, 3.05) is 0 Å². The standard InChI is InChI=1S/H3NO.H3O4P/c1-2;1-5(2,3)4/h1H3;(H3,1,2,3,4). The summed E-state index contributed by atoms with van der Waals surface area (Å²) in [6.07, 6.45) is 0. The molecule has 0 spiro atoms. The molecule has 0 atom stereocenters. The summed E-state index contributed by atoms with van der Waals surface area (Å²) in [6.45, 7) is 0. The largest absolute Gasteiger partial charge is 0.637 e. The molecule has 7 heavy (non-hydrogen) atoms. The molecule has 0 fully saturated rings. The number of phosphoric acid groups is 1. The maximum absolute atomic E-state index is 8.88. The highest BCUT2D eigenvalue weighted by Gasteiger charge is 2.00. The highest BCUT2D eigenvalue weighted by molar-refractivity contribution is 7.45. The molecule has 46 valence electrons. The van der Waals surface area contributed by atoms with Gasteiger partial charge < -0.3 is 25.8 Å². The predicted molar refractivity (Wildman–Crippen MR) is 20.5 cm³/mol. The van der Waals surface area contributed by atoms with E-state index in [1.807, 2.05) is 5.90 Å². The van der Waals surface area contributed by atoms with Gasteiger partial charge >= 0.3 is 7.82 Å². The first-order chi connectivity index (χ1) is 3.00. The quantitative estimate of drug-likeness (QED) is 0.219. The summed E-state index contributed by atoms with van der Waals surface area (Å²) in [5.74, 6) is 2.00. The Balaban J connectivity index is 0. The summed E-state index contributed by atoms with van der Waals surface area (Å²) in [4.78, 5) is 21.6. The first-order valence-electron chi connectivity index (χ1n) is 1.07. The van der Waals surface area contributed by atoms with Crippen LogP contribution < -0.4 is 5.90 Å². The van der Waals surface area contributed by atoms with Crippen LogP contribution in [0.2, 0.25) is 0 Å². The van der Waals surface area contributed by atoms with Crippen molar-refractivity contribution in [3.63, 3.8) is 0 Å².